The number of carbonyl (C=O) groups excluding carboxylic acids is 1. The third-order valence-corrected chi connectivity index (χ3v) is 4.39. The van der Waals surface area contributed by atoms with Crippen molar-refractivity contribution in [3.8, 4) is 0 Å². The SMILES string of the molecule is CSCC(C)(O)CNC(=O)CCc1ccccc1Br. The average Bonchev–Trinajstić information content (AvgIpc) is 2.35. The molecule has 19 heavy (non-hydrogen) atoms. The molecule has 1 rings (SSSR count). The first-order valence-electron chi connectivity index (χ1n) is 6.16. The van der Waals surface area contributed by atoms with Crippen molar-refractivity contribution in [1.29, 1.82) is 0 Å². The number of rotatable bonds is 7. The van der Waals surface area contributed by atoms with E-state index in [0.29, 0.717) is 25.1 Å². The fraction of sp³-hybridized carbons (Fsp3) is 0.500. The quantitative estimate of drug-likeness (QED) is 0.798. The molecule has 2 N–H and O–H groups in total. The minimum atomic E-state index is -0.845. The second-order valence-corrected chi connectivity index (χ2v) is 6.52. The van der Waals surface area contributed by atoms with Crippen LogP contribution in [0.25, 0.3) is 0 Å². The van der Waals surface area contributed by atoms with Gasteiger partial charge in [0.05, 0.1) is 5.60 Å². The zero-order chi connectivity index (χ0) is 14.3. The molecule has 5 heteroatoms. The van der Waals surface area contributed by atoms with Crippen LogP contribution in [0.2, 0.25) is 0 Å². The van der Waals surface area contributed by atoms with Gasteiger partial charge >= 0.3 is 0 Å². The summed E-state index contributed by atoms with van der Waals surface area (Å²) < 4.78 is 1.03. The Balaban J connectivity index is 2.35. The molecule has 0 aliphatic heterocycles. The van der Waals surface area contributed by atoms with Crippen molar-refractivity contribution in [2.75, 3.05) is 18.6 Å². The molecule has 0 aliphatic rings. The lowest BCUT2D eigenvalue weighted by molar-refractivity contribution is -0.122. The van der Waals surface area contributed by atoms with Gasteiger partial charge in [-0.15, -0.1) is 0 Å². The highest BCUT2D eigenvalue weighted by atomic mass is 79.9. The highest BCUT2D eigenvalue weighted by Crippen LogP contribution is 2.17. The fourth-order valence-corrected chi connectivity index (χ4v) is 2.90. The van der Waals surface area contributed by atoms with Crippen molar-refractivity contribution in [3.63, 3.8) is 0 Å². The summed E-state index contributed by atoms with van der Waals surface area (Å²) in [7, 11) is 0. The van der Waals surface area contributed by atoms with Crippen molar-refractivity contribution in [2.45, 2.75) is 25.4 Å². The largest absolute Gasteiger partial charge is 0.387 e. The Morgan fingerprint density at radius 3 is 2.79 bits per heavy atom. The van der Waals surface area contributed by atoms with Crippen LogP contribution >= 0.6 is 27.7 Å². The first-order valence-corrected chi connectivity index (χ1v) is 8.35. The van der Waals surface area contributed by atoms with E-state index in [1.165, 1.54) is 0 Å². The number of thioether (sulfide) groups is 1. The molecule has 0 spiro atoms. The van der Waals surface area contributed by atoms with Crippen molar-refractivity contribution in [2.24, 2.45) is 0 Å². The van der Waals surface area contributed by atoms with Crippen LogP contribution in [0.15, 0.2) is 28.7 Å². The molecule has 106 valence electrons. The van der Waals surface area contributed by atoms with Crippen LogP contribution in [0, 0.1) is 0 Å². The van der Waals surface area contributed by atoms with Crippen LogP contribution in [-0.2, 0) is 11.2 Å². The molecule has 3 nitrogen and oxygen atoms in total. The van der Waals surface area contributed by atoms with E-state index in [9.17, 15) is 9.90 Å². The van der Waals surface area contributed by atoms with Crippen LogP contribution in [-0.4, -0.2) is 35.2 Å². The standard InChI is InChI=1S/C14H20BrNO2S/c1-14(18,10-19-2)9-16-13(17)8-7-11-5-3-4-6-12(11)15/h3-6,18H,7-10H2,1-2H3,(H,16,17). The number of aryl methyl sites for hydroxylation is 1. The summed E-state index contributed by atoms with van der Waals surface area (Å²) in [4.78, 5) is 11.7. The summed E-state index contributed by atoms with van der Waals surface area (Å²) >= 11 is 5.03. The summed E-state index contributed by atoms with van der Waals surface area (Å²) in [6.45, 7) is 2.03. The van der Waals surface area contributed by atoms with Crippen LogP contribution in [0.1, 0.15) is 18.9 Å². The van der Waals surface area contributed by atoms with E-state index in [1.54, 1.807) is 18.7 Å². The summed E-state index contributed by atoms with van der Waals surface area (Å²) in [5.41, 5.74) is 0.274. The van der Waals surface area contributed by atoms with Gasteiger partial charge in [0.2, 0.25) is 5.91 Å². The molecule has 0 fully saturated rings. The Labute approximate surface area is 127 Å². The molecule has 0 radical (unpaired) electrons. The van der Waals surface area contributed by atoms with Gasteiger partial charge in [-0.2, -0.15) is 11.8 Å². The van der Waals surface area contributed by atoms with Gasteiger partial charge in [0.25, 0.3) is 0 Å². The van der Waals surface area contributed by atoms with Crippen molar-refractivity contribution < 1.29 is 9.90 Å². The molecule has 0 saturated carbocycles. The highest BCUT2D eigenvalue weighted by Gasteiger charge is 2.20. The predicted molar refractivity (Wildman–Crippen MR) is 84.5 cm³/mol. The van der Waals surface area contributed by atoms with E-state index in [1.807, 2.05) is 30.5 Å². The molecule has 0 bridgehead atoms. The Morgan fingerprint density at radius 1 is 1.47 bits per heavy atom. The van der Waals surface area contributed by atoms with Gasteiger partial charge in [0.1, 0.15) is 0 Å². The van der Waals surface area contributed by atoms with E-state index in [-0.39, 0.29) is 5.91 Å². The van der Waals surface area contributed by atoms with Gasteiger partial charge in [0, 0.05) is 23.2 Å². The third kappa shape index (κ3) is 6.45. The molecule has 1 amide bonds. The number of benzene rings is 1. The van der Waals surface area contributed by atoms with Crippen LogP contribution in [0.4, 0.5) is 0 Å². The van der Waals surface area contributed by atoms with E-state index in [2.05, 4.69) is 21.2 Å². The number of nitrogens with one attached hydrogen (secondary N) is 1. The topological polar surface area (TPSA) is 49.3 Å². The summed E-state index contributed by atoms with van der Waals surface area (Å²) in [5.74, 6) is 0.578. The number of hydrogen-bond donors (Lipinski definition) is 2. The molecule has 1 aromatic rings. The zero-order valence-corrected chi connectivity index (χ0v) is 13.7. The monoisotopic (exact) mass is 345 g/mol. The van der Waals surface area contributed by atoms with Gasteiger partial charge in [-0.3, -0.25) is 4.79 Å². The molecule has 0 saturated heterocycles. The molecular weight excluding hydrogens is 326 g/mol. The predicted octanol–water partition coefficient (Wildman–Crippen LogP) is 2.61. The second kappa shape index (κ2) is 7.92. The van der Waals surface area contributed by atoms with Crippen molar-refractivity contribution in [1.82, 2.24) is 5.32 Å². The Kier molecular flexibility index (Phi) is 6.89. The minimum Gasteiger partial charge on any atom is -0.387 e. The molecule has 0 aromatic heterocycles. The normalized spacial score (nSPS) is 13.9. The molecule has 0 heterocycles. The van der Waals surface area contributed by atoms with Gasteiger partial charge in [-0.05, 0) is 31.2 Å². The van der Waals surface area contributed by atoms with E-state index in [4.69, 9.17) is 0 Å². The molecular formula is C14H20BrNO2S. The molecule has 1 atom stereocenters. The van der Waals surface area contributed by atoms with Crippen LogP contribution < -0.4 is 5.32 Å². The first kappa shape index (κ1) is 16.5. The Bertz CT molecular complexity index is 424. The Morgan fingerprint density at radius 2 is 2.16 bits per heavy atom. The molecule has 1 aromatic carbocycles. The number of hydrogen-bond acceptors (Lipinski definition) is 3. The second-order valence-electron chi connectivity index (χ2n) is 4.80. The van der Waals surface area contributed by atoms with Crippen LogP contribution in [0.5, 0.6) is 0 Å². The first-order chi connectivity index (χ1) is 8.94. The minimum absolute atomic E-state index is 0.0304. The third-order valence-electron chi connectivity index (χ3n) is 2.70. The maximum atomic E-state index is 11.7. The van der Waals surface area contributed by atoms with E-state index >= 15 is 0 Å². The maximum absolute atomic E-state index is 11.7. The van der Waals surface area contributed by atoms with Crippen LogP contribution in [0.3, 0.4) is 0 Å². The Hall–Kier alpha value is -0.520. The smallest absolute Gasteiger partial charge is 0.220 e. The average molecular weight is 346 g/mol. The summed E-state index contributed by atoms with van der Waals surface area (Å²) in [6, 6.07) is 7.88. The van der Waals surface area contributed by atoms with E-state index < -0.39 is 5.60 Å². The van der Waals surface area contributed by atoms with Gasteiger partial charge in [-0.1, -0.05) is 34.1 Å². The lowest BCUT2D eigenvalue weighted by Gasteiger charge is -2.22. The number of halogens is 1. The summed E-state index contributed by atoms with van der Waals surface area (Å²) in [6.07, 6.45) is 3.05. The van der Waals surface area contributed by atoms with Gasteiger partial charge in [0.15, 0.2) is 0 Å². The van der Waals surface area contributed by atoms with Gasteiger partial charge in [-0.25, -0.2) is 0 Å². The fourth-order valence-electron chi connectivity index (χ4n) is 1.69. The lowest BCUT2D eigenvalue weighted by atomic mass is 10.1. The lowest BCUT2D eigenvalue weighted by Crippen LogP contribution is -2.42. The molecule has 0 aliphatic carbocycles. The van der Waals surface area contributed by atoms with E-state index in [0.717, 1.165) is 10.0 Å². The maximum Gasteiger partial charge on any atom is 0.220 e. The molecule has 1 unspecified atom stereocenters. The van der Waals surface area contributed by atoms with Gasteiger partial charge < -0.3 is 10.4 Å². The summed E-state index contributed by atoms with van der Waals surface area (Å²) in [5, 5.41) is 12.7. The van der Waals surface area contributed by atoms with Crippen molar-refractivity contribution in [3.05, 3.63) is 34.3 Å². The number of carbonyl (C=O) groups is 1. The van der Waals surface area contributed by atoms with Crippen molar-refractivity contribution >= 4 is 33.6 Å². The number of aliphatic hydroxyl groups is 1. The highest BCUT2D eigenvalue weighted by molar-refractivity contribution is 9.10. The number of amides is 1. The zero-order valence-electron chi connectivity index (χ0n) is 11.3.